The number of hydrogen-bond donors (Lipinski definition) is 2. The molecule has 1 aliphatic carbocycles. The fourth-order valence-electron chi connectivity index (χ4n) is 2.36. The van der Waals surface area contributed by atoms with Gasteiger partial charge in [0, 0.05) is 6.04 Å². The molecular formula is C14H22N2OS. The van der Waals surface area contributed by atoms with E-state index in [9.17, 15) is 4.79 Å². The highest BCUT2D eigenvalue weighted by molar-refractivity contribution is 7.07. The summed E-state index contributed by atoms with van der Waals surface area (Å²) in [6, 6.07) is 2.46. The fraction of sp³-hybridized carbons (Fsp3) is 0.643. The third-order valence-electron chi connectivity index (χ3n) is 3.54. The van der Waals surface area contributed by atoms with Crippen molar-refractivity contribution >= 4 is 17.2 Å². The molecule has 1 fully saturated rings. The van der Waals surface area contributed by atoms with E-state index in [-0.39, 0.29) is 11.9 Å². The normalized spacial score (nSPS) is 17.8. The molecule has 2 rings (SSSR count). The monoisotopic (exact) mass is 266 g/mol. The van der Waals surface area contributed by atoms with Crippen LogP contribution in [-0.2, 0) is 11.2 Å². The zero-order valence-corrected chi connectivity index (χ0v) is 11.8. The third-order valence-corrected chi connectivity index (χ3v) is 4.27. The summed E-state index contributed by atoms with van der Waals surface area (Å²) in [7, 11) is 0. The summed E-state index contributed by atoms with van der Waals surface area (Å²) in [5.74, 6) is 0.146. The molecule has 1 heterocycles. The first-order valence-electron chi connectivity index (χ1n) is 6.80. The van der Waals surface area contributed by atoms with Crippen LogP contribution in [0.5, 0.6) is 0 Å². The predicted molar refractivity (Wildman–Crippen MR) is 75.9 cm³/mol. The predicted octanol–water partition coefficient (Wildman–Crippen LogP) is 2.33. The zero-order valence-electron chi connectivity index (χ0n) is 10.9. The van der Waals surface area contributed by atoms with Gasteiger partial charge >= 0.3 is 0 Å². The van der Waals surface area contributed by atoms with E-state index in [1.54, 1.807) is 11.3 Å². The van der Waals surface area contributed by atoms with Crippen LogP contribution in [-0.4, -0.2) is 24.5 Å². The molecule has 4 heteroatoms. The van der Waals surface area contributed by atoms with Gasteiger partial charge in [0.05, 0.1) is 6.04 Å². The summed E-state index contributed by atoms with van der Waals surface area (Å²) >= 11 is 1.72. The van der Waals surface area contributed by atoms with Gasteiger partial charge in [-0.05, 0) is 55.1 Å². The van der Waals surface area contributed by atoms with Crippen LogP contribution in [0.3, 0.4) is 0 Å². The lowest BCUT2D eigenvalue weighted by molar-refractivity contribution is -0.123. The quantitative estimate of drug-likeness (QED) is 0.829. The number of hydrogen-bond acceptors (Lipinski definition) is 3. The zero-order chi connectivity index (χ0) is 12.8. The summed E-state index contributed by atoms with van der Waals surface area (Å²) in [5.41, 5.74) is 1.34. The molecule has 100 valence electrons. The maximum Gasteiger partial charge on any atom is 0.237 e. The standard InChI is InChI=1S/C14H22N2OS/c1-11(14(17)16-13-4-2-3-5-13)15-8-6-12-7-9-18-10-12/h7,9-11,13,15H,2-6,8H2,1H3,(H,16,17). The Kier molecular flexibility index (Phi) is 5.20. The lowest BCUT2D eigenvalue weighted by Gasteiger charge is -2.17. The first-order chi connectivity index (χ1) is 8.75. The molecule has 1 aromatic rings. The van der Waals surface area contributed by atoms with Crippen molar-refractivity contribution in [1.29, 1.82) is 0 Å². The van der Waals surface area contributed by atoms with Crippen LogP contribution < -0.4 is 10.6 Å². The van der Waals surface area contributed by atoms with E-state index in [2.05, 4.69) is 27.5 Å². The molecule has 1 aliphatic rings. The van der Waals surface area contributed by atoms with Crippen LogP contribution >= 0.6 is 11.3 Å². The maximum atomic E-state index is 11.9. The van der Waals surface area contributed by atoms with Crippen LogP contribution in [0, 0.1) is 0 Å². The molecule has 1 amide bonds. The minimum Gasteiger partial charge on any atom is -0.352 e. The number of rotatable bonds is 6. The van der Waals surface area contributed by atoms with Crippen LogP contribution in [0.15, 0.2) is 16.8 Å². The van der Waals surface area contributed by atoms with Crippen LogP contribution in [0.4, 0.5) is 0 Å². The molecule has 1 saturated carbocycles. The second-order valence-electron chi connectivity index (χ2n) is 5.05. The Balaban J connectivity index is 1.63. The molecule has 0 radical (unpaired) electrons. The molecule has 0 spiro atoms. The molecule has 1 unspecified atom stereocenters. The van der Waals surface area contributed by atoms with E-state index in [4.69, 9.17) is 0 Å². The average Bonchev–Trinajstić information content (AvgIpc) is 3.01. The van der Waals surface area contributed by atoms with E-state index in [0.717, 1.165) is 25.8 Å². The maximum absolute atomic E-state index is 11.9. The molecule has 0 aromatic carbocycles. The summed E-state index contributed by atoms with van der Waals surface area (Å²) in [6.07, 6.45) is 5.79. The fourth-order valence-corrected chi connectivity index (χ4v) is 3.06. The van der Waals surface area contributed by atoms with Crippen molar-refractivity contribution < 1.29 is 4.79 Å². The van der Waals surface area contributed by atoms with Crippen molar-refractivity contribution in [2.24, 2.45) is 0 Å². The van der Waals surface area contributed by atoms with Gasteiger partial charge in [-0.3, -0.25) is 4.79 Å². The highest BCUT2D eigenvalue weighted by atomic mass is 32.1. The van der Waals surface area contributed by atoms with Crippen molar-refractivity contribution in [1.82, 2.24) is 10.6 Å². The van der Waals surface area contributed by atoms with E-state index in [1.807, 2.05) is 6.92 Å². The average molecular weight is 266 g/mol. The minimum absolute atomic E-state index is 0.0933. The first kappa shape index (κ1) is 13.6. The highest BCUT2D eigenvalue weighted by Crippen LogP contribution is 2.17. The smallest absolute Gasteiger partial charge is 0.237 e. The van der Waals surface area contributed by atoms with E-state index in [1.165, 1.54) is 18.4 Å². The van der Waals surface area contributed by atoms with Gasteiger partial charge in [-0.25, -0.2) is 0 Å². The Hall–Kier alpha value is -0.870. The molecular weight excluding hydrogens is 244 g/mol. The van der Waals surface area contributed by atoms with Gasteiger partial charge in [0.25, 0.3) is 0 Å². The van der Waals surface area contributed by atoms with Gasteiger partial charge in [-0.15, -0.1) is 0 Å². The molecule has 3 nitrogen and oxygen atoms in total. The van der Waals surface area contributed by atoms with E-state index in [0.29, 0.717) is 6.04 Å². The number of amides is 1. The Bertz CT molecular complexity index is 358. The van der Waals surface area contributed by atoms with Crippen molar-refractivity contribution in [2.75, 3.05) is 6.54 Å². The molecule has 18 heavy (non-hydrogen) atoms. The number of carbonyl (C=O) groups excluding carboxylic acids is 1. The Morgan fingerprint density at radius 2 is 2.28 bits per heavy atom. The number of nitrogens with one attached hydrogen (secondary N) is 2. The Morgan fingerprint density at radius 3 is 2.94 bits per heavy atom. The van der Waals surface area contributed by atoms with Gasteiger partial charge in [-0.1, -0.05) is 12.8 Å². The van der Waals surface area contributed by atoms with Crippen LogP contribution in [0.1, 0.15) is 38.2 Å². The topological polar surface area (TPSA) is 41.1 Å². The summed E-state index contributed by atoms with van der Waals surface area (Å²) in [4.78, 5) is 11.9. The SMILES string of the molecule is CC(NCCc1ccsc1)C(=O)NC1CCCC1. The van der Waals surface area contributed by atoms with E-state index >= 15 is 0 Å². The first-order valence-corrected chi connectivity index (χ1v) is 7.75. The Labute approximate surface area is 113 Å². The molecule has 0 aliphatic heterocycles. The van der Waals surface area contributed by atoms with Crippen molar-refractivity contribution in [2.45, 2.75) is 51.1 Å². The van der Waals surface area contributed by atoms with Crippen LogP contribution in [0.25, 0.3) is 0 Å². The minimum atomic E-state index is -0.0933. The van der Waals surface area contributed by atoms with Gasteiger partial charge in [-0.2, -0.15) is 11.3 Å². The van der Waals surface area contributed by atoms with Gasteiger partial charge in [0.1, 0.15) is 0 Å². The lowest BCUT2D eigenvalue weighted by Crippen LogP contribution is -2.46. The number of thiophene rings is 1. The van der Waals surface area contributed by atoms with Gasteiger partial charge in [0.2, 0.25) is 5.91 Å². The van der Waals surface area contributed by atoms with E-state index < -0.39 is 0 Å². The lowest BCUT2D eigenvalue weighted by atomic mass is 10.2. The summed E-state index contributed by atoms with van der Waals surface area (Å²) in [6.45, 7) is 2.80. The van der Waals surface area contributed by atoms with Crippen LogP contribution in [0.2, 0.25) is 0 Å². The van der Waals surface area contributed by atoms with Gasteiger partial charge in [0.15, 0.2) is 0 Å². The summed E-state index contributed by atoms with van der Waals surface area (Å²) < 4.78 is 0. The molecule has 2 N–H and O–H groups in total. The largest absolute Gasteiger partial charge is 0.352 e. The van der Waals surface area contributed by atoms with Crippen molar-refractivity contribution in [3.05, 3.63) is 22.4 Å². The highest BCUT2D eigenvalue weighted by Gasteiger charge is 2.19. The molecule has 0 saturated heterocycles. The second-order valence-corrected chi connectivity index (χ2v) is 5.83. The number of carbonyl (C=O) groups is 1. The van der Waals surface area contributed by atoms with Crippen molar-refractivity contribution in [3.8, 4) is 0 Å². The summed E-state index contributed by atoms with van der Waals surface area (Å²) in [5, 5.41) is 10.7. The van der Waals surface area contributed by atoms with Gasteiger partial charge < -0.3 is 10.6 Å². The molecule has 1 aromatic heterocycles. The second kappa shape index (κ2) is 6.90. The Morgan fingerprint density at radius 1 is 1.50 bits per heavy atom. The molecule has 0 bridgehead atoms. The molecule has 1 atom stereocenters. The van der Waals surface area contributed by atoms with Crippen molar-refractivity contribution in [3.63, 3.8) is 0 Å². The third kappa shape index (κ3) is 4.10.